The van der Waals surface area contributed by atoms with E-state index < -0.39 is 0 Å². The summed E-state index contributed by atoms with van der Waals surface area (Å²) in [6.07, 6.45) is 2.87. The lowest BCUT2D eigenvalue weighted by Gasteiger charge is -2.00. The monoisotopic (exact) mass is 361 g/mol. The number of aryl methyl sites for hydroxylation is 1. The molecule has 0 bridgehead atoms. The van der Waals surface area contributed by atoms with Crippen LogP contribution < -0.4 is 5.32 Å². The molecule has 0 aliphatic heterocycles. The minimum atomic E-state index is 0.719. The van der Waals surface area contributed by atoms with Crippen molar-refractivity contribution in [3.8, 4) is 0 Å². The molecule has 2 aromatic rings. The second-order valence-electron chi connectivity index (χ2n) is 3.74. The lowest BCUT2D eigenvalue weighted by Crippen LogP contribution is -2.16. The van der Waals surface area contributed by atoms with E-state index >= 15 is 0 Å². The lowest BCUT2D eigenvalue weighted by atomic mass is 10.3. The van der Waals surface area contributed by atoms with Crippen LogP contribution in [0, 0.1) is 0 Å². The van der Waals surface area contributed by atoms with Crippen LogP contribution in [0.15, 0.2) is 31.9 Å². The van der Waals surface area contributed by atoms with Crippen molar-refractivity contribution in [2.75, 3.05) is 6.54 Å². The Balaban J connectivity index is 1.73. The van der Waals surface area contributed by atoms with E-state index in [9.17, 15) is 0 Å². The van der Waals surface area contributed by atoms with Gasteiger partial charge in [-0.15, -0.1) is 0 Å². The van der Waals surface area contributed by atoms with E-state index in [2.05, 4.69) is 42.3 Å². The molecule has 4 nitrogen and oxygen atoms in total. The highest BCUT2D eigenvalue weighted by Crippen LogP contribution is 2.26. The van der Waals surface area contributed by atoms with Gasteiger partial charge in [0.25, 0.3) is 0 Å². The van der Waals surface area contributed by atoms with Gasteiger partial charge < -0.3 is 9.73 Å². The molecule has 2 heterocycles. The van der Waals surface area contributed by atoms with E-state index in [4.69, 9.17) is 4.42 Å². The van der Waals surface area contributed by atoms with Gasteiger partial charge in [0.15, 0.2) is 4.67 Å². The van der Waals surface area contributed by atoms with E-state index in [-0.39, 0.29) is 0 Å². The molecule has 0 atom stereocenters. The highest BCUT2D eigenvalue weighted by atomic mass is 79.9. The van der Waals surface area contributed by atoms with Crippen LogP contribution in [0.4, 0.5) is 0 Å². The molecule has 2 rings (SSSR count). The molecule has 2 aromatic heterocycles. The zero-order chi connectivity index (χ0) is 12.3. The zero-order valence-corrected chi connectivity index (χ0v) is 12.6. The molecule has 0 amide bonds. The Kier molecular flexibility index (Phi) is 4.42. The van der Waals surface area contributed by atoms with Crippen molar-refractivity contribution in [1.29, 1.82) is 0 Å². The molecule has 92 valence electrons. The van der Waals surface area contributed by atoms with Crippen LogP contribution in [-0.4, -0.2) is 16.3 Å². The molecule has 0 aromatic carbocycles. The first-order chi connectivity index (χ1) is 8.15. The zero-order valence-electron chi connectivity index (χ0n) is 9.41. The maximum atomic E-state index is 5.46. The smallest absolute Gasteiger partial charge is 0.183 e. The van der Waals surface area contributed by atoms with Crippen molar-refractivity contribution in [2.45, 2.75) is 13.0 Å². The van der Waals surface area contributed by atoms with Gasteiger partial charge in [-0.1, -0.05) is 0 Å². The SMILES string of the molecule is Cn1ccc(CCNCc2cc(Br)c(Br)o2)n1. The number of hydrogen-bond acceptors (Lipinski definition) is 3. The summed E-state index contributed by atoms with van der Waals surface area (Å²) < 4.78 is 8.95. The van der Waals surface area contributed by atoms with Gasteiger partial charge in [0.1, 0.15) is 5.76 Å². The predicted molar refractivity (Wildman–Crippen MR) is 72.7 cm³/mol. The largest absolute Gasteiger partial charge is 0.452 e. The second-order valence-corrected chi connectivity index (χ2v) is 5.32. The molecular formula is C11H13Br2N3O. The van der Waals surface area contributed by atoms with Gasteiger partial charge >= 0.3 is 0 Å². The molecular weight excluding hydrogens is 350 g/mol. The fraction of sp³-hybridized carbons (Fsp3) is 0.364. The van der Waals surface area contributed by atoms with Gasteiger partial charge in [-0.3, -0.25) is 4.68 Å². The van der Waals surface area contributed by atoms with Gasteiger partial charge in [-0.25, -0.2) is 0 Å². The number of nitrogens with one attached hydrogen (secondary N) is 1. The fourth-order valence-electron chi connectivity index (χ4n) is 1.50. The van der Waals surface area contributed by atoms with Crippen LogP contribution in [0.1, 0.15) is 11.5 Å². The molecule has 0 saturated heterocycles. The van der Waals surface area contributed by atoms with E-state index in [1.54, 1.807) is 0 Å². The van der Waals surface area contributed by atoms with Crippen molar-refractivity contribution >= 4 is 31.9 Å². The Hall–Kier alpha value is -0.590. The molecule has 0 spiro atoms. The lowest BCUT2D eigenvalue weighted by molar-refractivity contribution is 0.465. The van der Waals surface area contributed by atoms with Crippen molar-refractivity contribution < 1.29 is 4.42 Å². The average Bonchev–Trinajstić information content (AvgIpc) is 2.82. The van der Waals surface area contributed by atoms with Crippen molar-refractivity contribution in [1.82, 2.24) is 15.1 Å². The minimum Gasteiger partial charge on any atom is -0.452 e. The van der Waals surface area contributed by atoms with Crippen molar-refractivity contribution in [2.24, 2.45) is 7.05 Å². The maximum Gasteiger partial charge on any atom is 0.183 e. The van der Waals surface area contributed by atoms with E-state index in [1.165, 1.54) is 0 Å². The molecule has 0 aliphatic rings. The third-order valence-corrected chi connectivity index (χ3v) is 4.03. The third-order valence-electron chi connectivity index (χ3n) is 2.32. The van der Waals surface area contributed by atoms with E-state index in [0.29, 0.717) is 0 Å². The highest BCUT2D eigenvalue weighted by Gasteiger charge is 2.05. The first-order valence-corrected chi connectivity index (χ1v) is 6.86. The summed E-state index contributed by atoms with van der Waals surface area (Å²) >= 11 is 6.69. The number of hydrogen-bond donors (Lipinski definition) is 1. The van der Waals surface area contributed by atoms with Gasteiger partial charge in [0.05, 0.1) is 16.7 Å². The Morgan fingerprint density at radius 2 is 2.29 bits per heavy atom. The molecule has 0 fully saturated rings. The highest BCUT2D eigenvalue weighted by molar-refractivity contribution is 9.13. The summed E-state index contributed by atoms with van der Waals surface area (Å²) in [5.74, 6) is 0.907. The molecule has 1 N–H and O–H groups in total. The molecule has 0 saturated carbocycles. The Morgan fingerprint density at radius 1 is 1.47 bits per heavy atom. The molecule has 0 unspecified atom stereocenters. The summed E-state index contributed by atoms with van der Waals surface area (Å²) in [6, 6.07) is 3.99. The first-order valence-electron chi connectivity index (χ1n) is 5.28. The molecule has 17 heavy (non-hydrogen) atoms. The molecule has 0 radical (unpaired) electrons. The third kappa shape index (κ3) is 3.69. The fourth-order valence-corrected chi connectivity index (χ4v) is 2.16. The van der Waals surface area contributed by atoms with Gasteiger partial charge in [0.2, 0.25) is 0 Å². The van der Waals surface area contributed by atoms with Gasteiger partial charge in [-0.2, -0.15) is 5.10 Å². The Labute approximate surface area is 117 Å². The number of halogens is 2. The summed E-state index contributed by atoms with van der Waals surface area (Å²) in [4.78, 5) is 0. The van der Waals surface area contributed by atoms with E-state index in [1.807, 2.05) is 30.1 Å². The minimum absolute atomic E-state index is 0.719. The summed E-state index contributed by atoms with van der Waals surface area (Å²) in [5.41, 5.74) is 1.10. The van der Waals surface area contributed by atoms with Gasteiger partial charge in [-0.05, 0) is 44.0 Å². The topological polar surface area (TPSA) is 43.0 Å². The van der Waals surface area contributed by atoms with Crippen molar-refractivity contribution in [3.63, 3.8) is 0 Å². The molecule has 6 heteroatoms. The van der Waals surface area contributed by atoms with Crippen LogP contribution in [0.5, 0.6) is 0 Å². The van der Waals surface area contributed by atoms with Crippen LogP contribution in [0.3, 0.4) is 0 Å². The number of furan rings is 1. The summed E-state index contributed by atoms with van der Waals surface area (Å²) in [6.45, 7) is 1.60. The van der Waals surface area contributed by atoms with E-state index in [0.717, 1.165) is 40.1 Å². The number of rotatable bonds is 5. The average molecular weight is 363 g/mol. The van der Waals surface area contributed by atoms with Crippen molar-refractivity contribution in [3.05, 3.63) is 38.9 Å². The Morgan fingerprint density at radius 3 is 2.88 bits per heavy atom. The second kappa shape index (κ2) is 5.84. The van der Waals surface area contributed by atoms with Crippen LogP contribution >= 0.6 is 31.9 Å². The summed E-state index contributed by atoms with van der Waals surface area (Å²) in [7, 11) is 1.93. The maximum absolute atomic E-state index is 5.46. The Bertz CT molecular complexity index is 473. The quantitative estimate of drug-likeness (QED) is 0.831. The van der Waals surface area contributed by atoms with Gasteiger partial charge in [0, 0.05) is 26.2 Å². The summed E-state index contributed by atoms with van der Waals surface area (Å²) in [5, 5.41) is 7.63. The normalized spacial score (nSPS) is 11.0. The van der Waals surface area contributed by atoms with Crippen LogP contribution in [0.25, 0.3) is 0 Å². The van der Waals surface area contributed by atoms with Crippen LogP contribution in [0.2, 0.25) is 0 Å². The molecule has 0 aliphatic carbocycles. The standard InChI is InChI=1S/C11H13Br2N3O/c1-16-5-3-8(15-16)2-4-14-7-9-6-10(12)11(13)17-9/h3,5-6,14H,2,4,7H2,1H3. The van der Waals surface area contributed by atoms with Crippen LogP contribution in [-0.2, 0) is 20.0 Å². The number of aromatic nitrogens is 2. The number of nitrogens with zero attached hydrogens (tertiary/aromatic N) is 2. The predicted octanol–water partition coefficient (Wildman–Crippen LogP) is 2.87. The first kappa shape index (κ1) is 12.9.